The number of nitrogens with zero attached hydrogens (tertiary/aromatic N) is 2. The molecule has 31 heavy (non-hydrogen) atoms. The number of carbonyl (C=O) groups excluding carboxylic acids is 2. The van der Waals surface area contributed by atoms with Crippen LogP contribution >= 0.6 is 0 Å². The molecule has 2 unspecified atom stereocenters. The number of carbonyl (C=O) groups is 2. The van der Waals surface area contributed by atoms with Crippen LogP contribution in [0.2, 0.25) is 0 Å². The molecule has 0 radical (unpaired) electrons. The van der Waals surface area contributed by atoms with Gasteiger partial charge < -0.3 is 24.6 Å². The number of aryl methyl sites for hydroxylation is 1. The molecule has 4 rings (SSSR count). The minimum atomic E-state index is -0.942. The molecule has 8 nitrogen and oxygen atoms in total. The number of amides is 2. The van der Waals surface area contributed by atoms with E-state index in [2.05, 4.69) is 5.32 Å². The Morgan fingerprint density at radius 3 is 2.68 bits per heavy atom. The smallest absolute Gasteiger partial charge is 0.275 e. The average Bonchev–Trinajstić information content (AvgIpc) is 3.18. The number of hydrogen-bond acceptors (Lipinski definition) is 5. The zero-order chi connectivity index (χ0) is 22.4. The monoisotopic (exact) mass is 429 g/mol. The number of hydrogen-bond donors (Lipinski definition) is 2. The lowest BCUT2D eigenvalue weighted by atomic mass is 10.0. The Balaban J connectivity index is 1.69. The van der Waals surface area contributed by atoms with Gasteiger partial charge in [0.1, 0.15) is 11.4 Å². The Bertz CT molecular complexity index is 1130. The van der Waals surface area contributed by atoms with Gasteiger partial charge in [0.15, 0.2) is 11.4 Å². The maximum absolute atomic E-state index is 14.1. The molecule has 9 heteroatoms. The van der Waals surface area contributed by atoms with E-state index >= 15 is 0 Å². The van der Waals surface area contributed by atoms with E-state index in [9.17, 15) is 23.9 Å². The SMILES string of the molecule is Cc1ccc(CNC(=O)c2cn3c(c(O)c2=O)C(=O)N(C(C)C)C2COCC23)c(F)c1. The topological polar surface area (TPSA) is 101 Å². The zero-order valence-electron chi connectivity index (χ0n) is 17.5. The lowest BCUT2D eigenvalue weighted by molar-refractivity contribution is 0.0470. The molecule has 1 fully saturated rings. The molecule has 2 aliphatic heterocycles. The van der Waals surface area contributed by atoms with Gasteiger partial charge in [0, 0.05) is 24.3 Å². The van der Waals surface area contributed by atoms with E-state index in [0.717, 1.165) is 5.56 Å². The second kappa shape index (κ2) is 7.81. The quantitative estimate of drug-likeness (QED) is 0.771. The van der Waals surface area contributed by atoms with E-state index < -0.39 is 28.8 Å². The Hall–Kier alpha value is -3.20. The van der Waals surface area contributed by atoms with Crippen LogP contribution in [-0.2, 0) is 11.3 Å². The number of nitrogens with one attached hydrogen (secondary N) is 1. The van der Waals surface area contributed by atoms with Gasteiger partial charge in [-0.2, -0.15) is 0 Å². The minimum Gasteiger partial charge on any atom is -0.503 e. The summed E-state index contributed by atoms with van der Waals surface area (Å²) in [4.78, 5) is 40.1. The van der Waals surface area contributed by atoms with E-state index in [1.54, 1.807) is 24.0 Å². The van der Waals surface area contributed by atoms with Crippen molar-refractivity contribution in [2.75, 3.05) is 13.2 Å². The molecule has 3 heterocycles. The van der Waals surface area contributed by atoms with E-state index in [4.69, 9.17) is 4.74 Å². The molecular formula is C22H24FN3O5. The van der Waals surface area contributed by atoms with Crippen LogP contribution in [0.25, 0.3) is 0 Å². The highest BCUT2D eigenvalue weighted by Crippen LogP contribution is 2.35. The fourth-order valence-corrected chi connectivity index (χ4v) is 4.27. The first-order valence-electron chi connectivity index (χ1n) is 10.1. The highest BCUT2D eigenvalue weighted by atomic mass is 19.1. The Morgan fingerprint density at radius 2 is 2.00 bits per heavy atom. The summed E-state index contributed by atoms with van der Waals surface area (Å²) < 4.78 is 21.1. The Morgan fingerprint density at radius 1 is 1.29 bits per heavy atom. The number of halogens is 1. The first kappa shape index (κ1) is 21.0. The summed E-state index contributed by atoms with van der Waals surface area (Å²) in [6.45, 7) is 5.95. The molecule has 0 spiro atoms. The van der Waals surface area contributed by atoms with Crippen molar-refractivity contribution in [3.63, 3.8) is 0 Å². The summed E-state index contributed by atoms with van der Waals surface area (Å²) >= 11 is 0. The third-order valence-electron chi connectivity index (χ3n) is 5.83. The predicted octanol–water partition coefficient (Wildman–Crippen LogP) is 1.74. The van der Waals surface area contributed by atoms with E-state index in [0.29, 0.717) is 6.61 Å². The van der Waals surface area contributed by atoms with Crippen LogP contribution in [0.5, 0.6) is 5.75 Å². The molecule has 2 atom stereocenters. The number of benzene rings is 1. The van der Waals surface area contributed by atoms with Crippen molar-refractivity contribution in [1.29, 1.82) is 0 Å². The molecule has 164 valence electrons. The fourth-order valence-electron chi connectivity index (χ4n) is 4.27. The minimum absolute atomic E-state index is 0.123. The largest absolute Gasteiger partial charge is 0.503 e. The molecule has 1 aromatic carbocycles. The fraction of sp³-hybridized carbons (Fsp3) is 0.409. The molecule has 1 aromatic heterocycles. The second-order valence-electron chi connectivity index (χ2n) is 8.23. The van der Waals surface area contributed by atoms with Crippen molar-refractivity contribution < 1.29 is 23.8 Å². The zero-order valence-corrected chi connectivity index (χ0v) is 17.5. The van der Waals surface area contributed by atoms with Gasteiger partial charge in [0.05, 0.1) is 25.3 Å². The Kier molecular flexibility index (Phi) is 5.30. The number of pyridine rings is 1. The number of aromatic nitrogens is 1. The van der Waals surface area contributed by atoms with Crippen LogP contribution in [0.15, 0.2) is 29.2 Å². The molecule has 1 saturated heterocycles. The summed E-state index contributed by atoms with van der Waals surface area (Å²) in [6.07, 6.45) is 1.29. The average molecular weight is 429 g/mol. The first-order valence-corrected chi connectivity index (χ1v) is 10.1. The summed E-state index contributed by atoms with van der Waals surface area (Å²) in [5.74, 6) is -2.47. The van der Waals surface area contributed by atoms with E-state index in [1.165, 1.54) is 16.8 Å². The van der Waals surface area contributed by atoms with Crippen molar-refractivity contribution in [1.82, 2.24) is 14.8 Å². The molecule has 2 aromatic rings. The van der Waals surface area contributed by atoms with Gasteiger partial charge in [-0.25, -0.2) is 4.39 Å². The highest BCUT2D eigenvalue weighted by Gasteiger charge is 2.46. The van der Waals surface area contributed by atoms with Gasteiger partial charge in [0.2, 0.25) is 5.43 Å². The van der Waals surface area contributed by atoms with Gasteiger partial charge in [-0.3, -0.25) is 14.4 Å². The van der Waals surface area contributed by atoms with Crippen LogP contribution in [0.4, 0.5) is 4.39 Å². The second-order valence-corrected chi connectivity index (χ2v) is 8.23. The molecule has 0 saturated carbocycles. The number of aromatic hydroxyl groups is 1. The Labute approximate surface area is 178 Å². The van der Waals surface area contributed by atoms with Crippen molar-refractivity contribution >= 4 is 11.8 Å². The molecule has 2 N–H and O–H groups in total. The number of fused-ring (bicyclic) bond motifs is 3. The van der Waals surface area contributed by atoms with Crippen LogP contribution in [0, 0.1) is 12.7 Å². The van der Waals surface area contributed by atoms with Crippen molar-refractivity contribution in [3.8, 4) is 5.75 Å². The molecule has 0 bridgehead atoms. The van der Waals surface area contributed by atoms with E-state index in [1.807, 2.05) is 13.8 Å². The van der Waals surface area contributed by atoms with Crippen LogP contribution in [0.1, 0.15) is 51.9 Å². The summed E-state index contributed by atoms with van der Waals surface area (Å²) in [5.41, 5.74) is -0.383. The van der Waals surface area contributed by atoms with Crippen molar-refractivity contribution in [2.45, 2.75) is 45.4 Å². The van der Waals surface area contributed by atoms with Gasteiger partial charge in [-0.1, -0.05) is 12.1 Å². The number of ether oxygens (including phenoxy) is 1. The van der Waals surface area contributed by atoms with Gasteiger partial charge in [-0.15, -0.1) is 0 Å². The van der Waals surface area contributed by atoms with Crippen LogP contribution in [0.3, 0.4) is 0 Å². The predicted molar refractivity (Wildman–Crippen MR) is 110 cm³/mol. The van der Waals surface area contributed by atoms with Gasteiger partial charge in [-0.05, 0) is 32.4 Å². The highest BCUT2D eigenvalue weighted by molar-refractivity contribution is 5.99. The van der Waals surface area contributed by atoms with Crippen molar-refractivity contribution in [3.05, 3.63) is 62.8 Å². The molecule has 0 aliphatic carbocycles. The normalized spacial score (nSPS) is 20.0. The lowest BCUT2D eigenvalue weighted by Gasteiger charge is -2.41. The lowest BCUT2D eigenvalue weighted by Crippen LogP contribution is -2.54. The number of rotatable bonds is 4. The molecule has 2 amide bonds. The standard InChI is InChI=1S/C22H24FN3O5/c1-11(2)26-17-10-31-9-16(17)25-8-14(19(27)20(28)18(25)22(26)30)21(29)24-7-13-5-4-12(3)6-15(13)23/h4-6,8,11,16-17,28H,7,9-10H2,1-3H3,(H,24,29). The summed E-state index contributed by atoms with van der Waals surface area (Å²) in [5, 5.41) is 13.1. The summed E-state index contributed by atoms with van der Waals surface area (Å²) in [7, 11) is 0. The van der Waals surface area contributed by atoms with Crippen LogP contribution in [-0.4, -0.2) is 51.7 Å². The third kappa shape index (κ3) is 3.48. The van der Waals surface area contributed by atoms with Gasteiger partial charge in [0.25, 0.3) is 11.8 Å². The van der Waals surface area contributed by atoms with Crippen LogP contribution < -0.4 is 10.7 Å². The molecular weight excluding hydrogens is 405 g/mol. The maximum atomic E-state index is 14.1. The summed E-state index contributed by atoms with van der Waals surface area (Å²) in [6, 6.07) is 3.88. The van der Waals surface area contributed by atoms with Crippen molar-refractivity contribution in [2.24, 2.45) is 0 Å². The van der Waals surface area contributed by atoms with Gasteiger partial charge >= 0.3 is 0 Å². The third-order valence-corrected chi connectivity index (χ3v) is 5.83. The van der Waals surface area contributed by atoms with E-state index in [-0.39, 0.29) is 48.1 Å². The molecule has 2 aliphatic rings. The maximum Gasteiger partial charge on any atom is 0.275 e. The first-order chi connectivity index (χ1) is 14.7.